The number of imidazole rings is 1. The summed E-state index contributed by atoms with van der Waals surface area (Å²) in [4.78, 5) is 23.2. The summed E-state index contributed by atoms with van der Waals surface area (Å²) in [6, 6.07) is 2.05. The molecule has 32 heavy (non-hydrogen) atoms. The van der Waals surface area contributed by atoms with Crippen molar-refractivity contribution in [2.75, 3.05) is 13.7 Å². The molecule has 0 aliphatic heterocycles. The molecule has 0 aliphatic carbocycles. The fourth-order valence-corrected chi connectivity index (χ4v) is 2.52. The number of carbonyl (C=O) groups is 2. The number of halogens is 2. The van der Waals surface area contributed by atoms with Crippen molar-refractivity contribution in [2.45, 2.75) is 27.3 Å². The number of rotatable bonds is 4. The monoisotopic (exact) mass is 504 g/mol. The zero-order valence-corrected chi connectivity index (χ0v) is 19.2. The van der Waals surface area contributed by atoms with Gasteiger partial charge in [-0.1, -0.05) is 0 Å². The predicted octanol–water partition coefficient (Wildman–Crippen LogP) is -9.92. The molecule has 1 N–H and O–H groups in total. The molecule has 17 heteroatoms. The van der Waals surface area contributed by atoms with Crippen LogP contribution < -0.4 is 51.7 Å². The summed E-state index contributed by atoms with van der Waals surface area (Å²) in [5, 5.41) is 2.67. The second kappa shape index (κ2) is 12.2. The molecule has 0 fully saturated rings. The second-order valence-electron chi connectivity index (χ2n) is 6.01. The largest absolute Gasteiger partial charge is 0.462 e. The summed E-state index contributed by atoms with van der Waals surface area (Å²) >= 11 is 0. The van der Waals surface area contributed by atoms with Crippen LogP contribution in [-0.2, 0) is 23.1 Å². The Labute approximate surface area is 186 Å². The van der Waals surface area contributed by atoms with Gasteiger partial charge in [-0.05, 0) is 13.8 Å². The molecular formula is C15H22Cl2N4O11. The van der Waals surface area contributed by atoms with E-state index in [-0.39, 0.29) is 18.5 Å². The first-order chi connectivity index (χ1) is 14.4. The molecule has 182 valence electrons. The molecule has 0 radical (unpaired) electrons. The van der Waals surface area contributed by atoms with Crippen molar-refractivity contribution >= 4 is 17.5 Å². The van der Waals surface area contributed by atoms with Crippen LogP contribution >= 0.6 is 0 Å². The molecule has 0 spiro atoms. The number of esters is 1. The maximum Gasteiger partial charge on any atom is 0.342 e. The quantitative estimate of drug-likeness (QED) is 0.301. The number of ether oxygens (including phenoxy) is 1. The third-order valence-corrected chi connectivity index (χ3v) is 3.71. The third-order valence-electron chi connectivity index (χ3n) is 3.71. The van der Waals surface area contributed by atoms with E-state index in [0.29, 0.717) is 12.2 Å². The maximum absolute atomic E-state index is 12.3. The van der Waals surface area contributed by atoms with Gasteiger partial charge >= 0.3 is 11.6 Å². The van der Waals surface area contributed by atoms with E-state index < -0.39 is 20.5 Å². The van der Waals surface area contributed by atoms with Crippen molar-refractivity contribution in [1.82, 2.24) is 9.72 Å². The summed E-state index contributed by atoms with van der Waals surface area (Å²) in [5.41, 5.74) is 3.44. The molecule has 2 heterocycles. The smallest absolute Gasteiger partial charge is 0.342 e. The van der Waals surface area contributed by atoms with E-state index in [0.717, 1.165) is 17.0 Å². The molecule has 0 saturated carbocycles. The summed E-state index contributed by atoms with van der Waals surface area (Å²) in [7, 11) is -6.36. The Balaban J connectivity index is 0.000000805. The Bertz CT molecular complexity index is 914. The lowest BCUT2D eigenvalue weighted by molar-refractivity contribution is -2.00. The molecule has 15 nitrogen and oxygen atoms in total. The average Bonchev–Trinajstić information content (AvgIpc) is 2.96. The lowest BCUT2D eigenvalue weighted by Gasteiger charge is -2.17. The van der Waals surface area contributed by atoms with Crippen molar-refractivity contribution in [3.8, 4) is 0 Å². The van der Waals surface area contributed by atoms with Crippen molar-refractivity contribution in [3.05, 3.63) is 29.5 Å². The molecule has 2 aromatic heterocycles. The van der Waals surface area contributed by atoms with E-state index in [9.17, 15) is 9.59 Å². The van der Waals surface area contributed by atoms with E-state index in [2.05, 4.69) is 11.4 Å². The van der Waals surface area contributed by atoms with Crippen LogP contribution in [0.4, 0.5) is 0 Å². The van der Waals surface area contributed by atoms with E-state index in [1.807, 2.05) is 40.8 Å². The van der Waals surface area contributed by atoms with Crippen molar-refractivity contribution in [3.63, 3.8) is 0 Å². The van der Waals surface area contributed by atoms with Crippen LogP contribution in [0.1, 0.15) is 28.8 Å². The van der Waals surface area contributed by atoms with Crippen LogP contribution in [0.5, 0.6) is 0 Å². The number of hydrogen-bond donors (Lipinski definition) is 1. The minimum Gasteiger partial charge on any atom is -0.462 e. The summed E-state index contributed by atoms with van der Waals surface area (Å²) in [6.07, 6.45) is 1.86. The molecule has 0 aromatic carbocycles. The van der Waals surface area contributed by atoms with Crippen molar-refractivity contribution < 1.29 is 81.2 Å². The number of carbonyl (C=O) groups excluding carboxylic acids is 2. The van der Waals surface area contributed by atoms with Gasteiger partial charge in [-0.15, -0.1) is 20.5 Å². The lowest BCUT2D eigenvalue weighted by Crippen LogP contribution is -2.68. The van der Waals surface area contributed by atoms with E-state index >= 15 is 0 Å². The van der Waals surface area contributed by atoms with Crippen LogP contribution in [0.15, 0.2) is 12.4 Å². The highest BCUT2D eigenvalue weighted by atomic mass is 35.7. The van der Waals surface area contributed by atoms with E-state index in [4.69, 9.17) is 42.0 Å². The fraction of sp³-hybridized carbons (Fsp3) is 0.467. The van der Waals surface area contributed by atoms with Crippen LogP contribution in [0.25, 0.3) is 5.65 Å². The molecule has 0 saturated heterocycles. The zero-order chi connectivity index (χ0) is 25.4. The number of amides is 1. The molecule has 2 aromatic rings. The topological polar surface area (TPSA) is 252 Å². The minimum absolute atomic E-state index is 0.175. The van der Waals surface area contributed by atoms with Gasteiger partial charge in [0.15, 0.2) is 0 Å². The number of aryl methyl sites for hydroxylation is 3. The SMILES string of the molecule is CNC(=O)c1c2n(c[n+]1CCOC(C)=O)c(C)cc(C)[n+]2C.[O-][Cl+3]([O-])([O-])[O-].[O-][Cl+3]([O-])([O-])[O-]. The van der Waals surface area contributed by atoms with Gasteiger partial charge in [-0.3, -0.25) is 9.59 Å². The Morgan fingerprint density at radius 3 is 1.94 bits per heavy atom. The van der Waals surface area contributed by atoms with E-state index in [1.165, 1.54) is 6.92 Å². The summed E-state index contributed by atoms with van der Waals surface area (Å²) in [6.45, 7) is 6.00. The predicted molar refractivity (Wildman–Crippen MR) is 78.3 cm³/mol. The van der Waals surface area contributed by atoms with Crippen molar-refractivity contribution in [1.29, 1.82) is 0 Å². The normalized spacial score (nSPS) is 11.2. The van der Waals surface area contributed by atoms with Gasteiger partial charge in [0.05, 0.1) is 7.05 Å². The summed E-state index contributed by atoms with van der Waals surface area (Å²) < 4.78 is 78.7. The first kappa shape index (κ1) is 29.8. The highest BCUT2D eigenvalue weighted by Crippen LogP contribution is 2.08. The Kier molecular flexibility index (Phi) is 11.3. The van der Waals surface area contributed by atoms with Gasteiger partial charge < -0.3 is 10.1 Å². The minimum atomic E-state index is -4.94. The number of nitrogens with zero attached hydrogens (tertiary/aromatic N) is 3. The second-order valence-corrected chi connectivity index (χ2v) is 7.52. The Hall–Kier alpha value is -2.18. The van der Waals surface area contributed by atoms with Gasteiger partial charge in [0.1, 0.15) is 24.5 Å². The number of hydrogen-bond acceptors (Lipinski definition) is 11. The molecule has 2 rings (SSSR count). The lowest BCUT2D eigenvalue weighted by atomic mass is 10.3. The van der Waals surface area contributed by atoms with Crippen LogP contribution in [0.3, 0.4) is 0 Å². The number of nitrogens with one attached hydrogen (secondary N) is 1. The van der Waals surface area contributed by atoms with Gasteiger partial charge in [0.25, 0.3) is 17.9 Å². The molecule has 0 bridgehead atoms. The van der Waals surface area contributed by atoms with Crippen LogP contribution in [0.2, 0.25) is 0 Å². The van der Waals surface area contributed by atoms with Gasteiger partial charge in [0.2, 0.25) is 0 Å². The first-order valence-corrected chi connectivity index (χ1v) is 10.8. The maximum atomic E-state index is 12.3. The first-order valence-electron chi connectivity index (χ1n) is 8.36. The standard InChI is InChI=1S/C15H21N4O3.2ClHO4/c1-10-8-11(2)19-9-18(6-7-22-12(3)20)13(14(21)16-4)15(19)17(10)5;2*2-1(3,4)5/h8-9H,6-7H2,1-5H3;2*(H,2,3,4,5)/q+1;;/p-1. The van der Waals surface area contributed by atoms with Gasteiger partial charge in [-0.2, -0.15) is 4.40 Å². The number of aromatic nitrogens is 3. The van der Waals surface area contributed by atoms with Crippen molar-refractivity contribution in [2.24, 2.45) is 7.05 Å². The van der Waals surface area contributed by atoms with Gasteiger partial charge in [0, 0.05) is 20.0 Å². The van der Waals surface area contributed by atoms with Crippen LogP contribution in [0, 0.1) is 34.3 Å². The fourth-order valence-electron chi connectivity index (χ4n) is 2.52. The third kappa shape index (κ3) is 11.4. The Morgan fingerprint density at radius 2 is 1.53 bits per heavy atom. The molecule has 0 atom stereocenters. The Morgan fingerprint density at radius 1 is 1.06 bits per heavy atom. The average molecular weight is 505 g/mol. The highest BCUT2D eigenvalue weighted by molar-refractivity contribution is 5.95. The number of fused-ring (bicyclic) bond motifs is 1. The van der Waals surface area contributed by atoms with Gasteiger partial charge in [-0.25, -0.2) is 46.4 Å². The summed E-state index contributed by atoms with van der Waals surface area (Å²) in [5.74, 6) is -0.505. The zero-order valence-electron chi connectivity index (χ0n) is 17.7. The van der Waals surface area contributed by atoms with Crippen LogP contribution in [-0.4, -0.2) is 29.9 Å². The molecule has 0 unspecified atom stereocenters. The highest BCUT2D eigenvalue weighted by Gasteiger charge is 2.30. The molecule has 0 aliphatic rings. The van der Waals surface area contributed by atoms with E-state index in [1.54, 1.807) is 7.05 Å². The molecular weight excluding hydrogens is 483 g/mol. The molecule has 1 amide bonds.